The summed E-state index contributed by atoms with van der Waals surface area (Å²) in [6, 6.07) is 0. The van der Waals surface area contributed by atoms with Crippen molar-refractivity contribution in [3.05, 3.63) is 0 Å². The van der Waals surface area contributed by atoms with E-state index in [0.29, 0.717) is 0 Å². The number of hydrogen-bond acceptors (Lipinski definition) is 2. The topological polar surface area (TPSA) is 18.5 Å². The van der Waals surface area contributed by atoms with Gasteiger partial charge in [-0.05, 0) is 0 Å². The van der Waals surface area contributed by atoms with E-state index in [-0.39, 0.29) is 13.8 Å². The zero-order valence-electron chi connectivity index (χ0n) is 15.5. The van der Waals surface area contributed by atoms with E-state index in [1.165, 1.54) is 0 Å². The number of hydrogen-bond donors (Lipinski definition) is 0. The number of rotatable bonds is 10. The third kappa shape index (κ3) is 4.32. The van der Waals surface area contributed by atoms with E-state index >= 15 is 0 Å². The van der Waals surface area contributed by atoms with E-state index in [2.05, 4.69) is 6.15 Å². The summed E-state index contributed by atoms with van der Waals surface area (Å²) in [7, 11) is 0. The van der Waals surface area contributed by atoms with Crippen molar-refractivity contribution < 1.29 is 85.2 Å². The second-order valence-corrected chi connectivity index (χ2v) is 14.7. The molecule has 0 aromatic rings. The summed E-state index contributed by atoms with van der Waals surface area (Å²) in [5.74, 6) is -32.3. The molecule has 0 atom stereocenters. The van der Waals surface area contributed by atoms with Crippen LogP contribution >= 0.6 is 0 Å². The summed E-state index contributed by atoms with van der Waals surface area (Å²) in [6.07, 6.45) is -15.4. The molecule has 0 saturated heterocycles. The van der Waals surface area contributed by atoms with Crippen LogP contribution in [0, 0.1) is 0 Å². The molecule has 0 aliphatic rings. The van der Waals surface area contributed by atoms with Crippen LogP contribution in [-0.4, -0.2) is 76.3 Å². The summed E-state index contributed by atoms with van der Waals surface area (Å²) in [5.41, 5.74) is 0. The second-order valence-electron chi connectivity index (χ2n) is 5.92. The summed E-state index contributed by atoms with van der Waals surface area (Å²) < 4.78 is 230. The molecule has 0 amide bonds. The third-order valence-electron chi connectivity index (χ3n) is 3.81. The van der Waals surface area contributed by atoms with Gasteiger partial charge in [0.25, 0.3) is 0 Å². The van der Waals surface area contributed by atoms with Crippen molar-refractivity contribution in [3.63, 3.8) is 0 Å². The summed E-state index contributed by atoms with van der Waals surface area (Å²) in [5, 5.41) is 0. The van der Waals surface area contributed by atoms with E-state index in [4.69, 9.17) is 0 Å². The molecule has 33 heavy (non-hydrogen) atoms. The molecule has 0 unspecified atom stereocenters. The molecule has 0 saturated carbocycles. The summed E-state index contributed by atoms with van der Waals surface area (Å²) in [6.45, 7) is -3.56. The van der Waals surface area contributed by atoms with E-state index in [1.54, 1.807) is 0 Å². The Balaban J connectivity index is 7.52. The van der Waals surface area contributed by atoms with Gasteiger partial charge < -0.3 is 0 Å². The molecule has 0 N–H and O–H groups in total. The van der Waals surface area contributed by atoms with Gasteiger partial charge in [-0.3, -0.25) is 0 Å². The summed E-state index contributed by atoms with van der Waals surface area (Å²) >= 11 is -10.1. The van der Waals surface area contributed by atoms with Crippen LogP contribution in [0.1, 0.15) is 13.8 Å². The molecule has 0 fully saturated rings. The Morgan fingerprint density at radius 2 is 0.636 bits per heavy atom. The fourth-order valence-corrected chi connectivity index (χ4v) is 11.2. The number of halogens is 18. The molecular weight excluding hydrogens is 637 g/mol. The van der Waals surface area contributed by atoms with E-state index < -0.39 is 76.3 Å². The van der Waals surface area contributed by atoms with Gasteiger partial charge in [-0.25, -0.2) is 0 Å². The first-order valence-electron chi connectivity index (χ1n) is 7.80. The van der Waals surface area contributed by atoms with Crippen LogP contribution in [-0.2, 0) is 6.15 Å². The normalized spacial score (nSPS) is 16.4. The van der Waals surface area contributed by atoms with Crippen LogP contribution in [0.4, 0.5) is 79.0 Å². The fraction of sp³-hybridized carbons (Fsp3) is 1.00. The van der Waals surface area contributed by atoms with Crippen LogP contribution in [0.2, 0.25) is 0 Å². The molecule has 0 aromatic heterocycles. The molecule has 0 aliphatic carbocycles. The van der Waals surface area contributed by atoms with Crippen LogP contribution < -0.4 is 0 Å². The Bertz CT molecular complexity index is 623. The van der Waals surface area contributed by atoms with Crippen LogP contribution in [0.15, 0.2) is 0 Å². The molecule has 200 valence electrons. The van der Waals surface area contributed by atoms with Gasteiger partial charge in [-0.1, -0.05) is 0 Å². The summed E-state index contributed by atoms with van der Waals surface area (Å²) in [4.78, 5) is 0. The predicted octanol–water partition coefficient (Wildman–Crippen LogP) is 6.52. The SMILES string of the molecule is CC[O][Sn]([O]CC)([C](F)(F)C(F)(F)C(F)(F)C(F)(F)F)[C](F)(F)C(F)(F)C(F)(F)C(F)(F)F. The average molecular weight is 647 g/mol. The number of alkyl halides is 18. The first kappa shape index (κ1) is 32.5. The molecule has 0 heterocycles. The minimum absolute atomic E-state index is 0.191. The van der Waals surface area contributed by atoms with Gasteiger partial charge >= 0.3 is 175 Å². The first-order valence-corrected chi connectivity index (χ1v) is 13.0. The molecule has 2 nitrogen and oxygen atoms in total. The molecule has 21 heteroatoms. The van der Waals surface area contributed by atoms with Crippen LogP contribution in [0.5, 0.6) is 0 Å². The van der Waals surface area contributed by atoms with Crippen molar-refractivity contribution in [2.75, 3.05) is 13.2 Å². The minimum atomic E-state index is -10.1. The Kier molecular flexibility index (Phi) is 8.69. The van der Waals surface area contributed by atoms with Crippen molar-refractivity contribution in [1.82, 2.24) is 0 Å². The average Bonchev–Trinajstić information content (AvgIpc) is 2.58. The van der Waals surface area contributed by atoms with Gasteiger partial charge in [-0.2, -0.15) is 0 Å². The maximum atomic E-state index is 14.4. The molecule has 0 aromatic carbocycles. The molecule has 0 spiro atoms. The van der Waals surface area contributed by atoms with Crippen molar-refractivity contribution in [2.45, 2.75) is 57.8 Å². The maximum absolute atomic E-state index is 14.4. The Labute approximate surface area is 176 Å². The van der Waals surface area contributed by atoms with Crippen molar-refractivity contribution in [2.24, 2.45) is 0 Å². The quantitative estimate of drug-likeness (QED) is 0.199. The molecule has 0 aliphatic heterocycles. The monoisotopic (exact) mass is 648 g/mol. The molecular formula is C12H10F18O2Sn. The van der Waals surface area contributed by atoms with Crippen LogP contribution in [0.3, 0.4) is 0 Å². The van der Waals surface area contributed by atoms with Gasteiger partial charge in [0.2, 0.25) is 0 Å². The van der Waals surface area contributed by atoms with Crippen molar-refractivity contribution in [3.8, 4) is 0 Å². The molecule has 0 bridgehead atoms. The Hall–Kier alpha value is -0.541. The standard InChI is InChI=1S/2C4F9.2C2H5O.Sn/c2*5-1(6)2(7,8)3(9,10)4(11,12)13;2*1-2-3;/h;;2*2H2,1H3;/q;;2*-1;+2. The van der Waals surface area contributed by atoms with Crippen LogP contribution in [0.25, 0.3) is 0 Å². The second kappa shape index (κ2) is 8.84. The predicted molar refractivity (Wildman–Crippen MR) is 70.8 cm³/mol. The van der Waals surface area contributed by atoms with E-state index in [0.717, 1.165) is 0 Å². The third-order valence-corrected chi connectivity index (χ3v) is 14.3. The van der Waals surface area contributed by atoms with E-state index in [1.807, 2.05) is 0 Å². The van der Waals surface area contributed by atoms with Gasteiger partial charge in [0, 0.05) is 0 Å². The van der Waals surface area contributed by atoms with Crippen molar-refractivity contribution >= 4 is 19.2 Å². The van der Waals surface area contributed by atoms with Gasteiger partial charge in [-0.15, -0.1) is 0 Å². The van der Waals surface area contributed by atoms with E-state index in [9.17, 15) is 79.0 Å². The van der Waals surface area contributed by atoms with Gasteiger partial charge in [0.1, 0.15) is 0 Å². The Morgan fingerprint density at radius 1 is 0.424 bits per heavy atom. The first-order chi connectivity index (χ1) is 14.1. The van der Waals surface area contributed by atoms with Gasteiger partial charge in [0.15, 0.2) is 0 Å². The van der Waals surface area contributed by atoms with Crippen molar-refractivity contribution in [1.29, 1.82) is 0 Å². The molecule has 0 radical (unpaired) electrons. The molecule has 0 rings (SSSR count). The zero-order valence-corrected chi connectivity index (χ0v) is 18.4. The zero-order chi connectivity index (χ0) is 27.3. The Morgan fingerprint density at radius 3 is 0.788 bits per heavy atom. The fourth-order valence-electron chi connectivity index (χ4n) is 2.17. The van der Waals surface area contributed by atoms with Gasteiger partial charge in [0.05, 0.1) is 0 Å².